The molecule has 11 heteroatoms. The number of aromatic nitrogens is 1. The largest absolute Gasteiger partial charge is 0.427 e. The monoisotopic (exact) mass is 440 g/mol. The van der Waals surface area contributed by atoms with E-state index in [1.165, 1.54) is 27.5 Å². The average Bonchev–Trinajstić information content (AvgIpc) is 2.67. The highest BCUT2D eigenvalue weighted by atomic mass is 32.2. The van der Waals surface area contributed by atoms with Crippen molar-refractivity contribution >= 4 is 16.1 Å². The first-order valence-electron chi connectivity index (χ1n) is 9.19. The standard InChI is InChI=1S/C19H22F2N4O4S/c1-23(17-5-7-24(8-6-17)30(2,28)29)19(26)22-18-4-3-13(12-25(18)27)14-9-15(20)11-16(21)10-14/h3-4,9-12,17,27H,5-8H2,1-2H3/b22-18-. The zero-order valence-corrected chi connectivity index (χ0v) is 17.3. The van der Waals surface area contributed by atoms with Gasteiger partial charge in [-0.3, -0.25) is 0 Å². The summed E-state index contributed by atoms with van der Waals surface area (Å²) < 4.78 is 52.0. The van der Waals surface area contributed by atoms with Gasteiger partial charge in [-0.2, -0.15) is 9.72 Å². The van der Waals surface area contributed by atoms with Gasteiger partial charge in [0, 0.05) is 37.8 Å². The first-order valence-corrected chi connectivity index (χ1v) is 11.0. The van der Waals surface area contributed by atoms with Crippen LogP contribution in [0.4, 0.5) is 13.6 Å². The number of carbonyl (C=O) groups excluding carboxylic acids is 1. The lowest BCUT2D eigenvalue weighted by atomic mass is 10.1. The molecule has 30 heavy (non-hydrogen) atoms. The SMILES string of the molecule is CN(C(=O)/N=c1/ccc(-c2cc(F)cc(F)c2)cn1O)C1CCN(S(C)(=O)=O)CC1. The number of halogens is 2. The van der Waals surface area contributed by atoms with Crippen molar-refractivity contribution in [3.8, 4) is 11.1 Å². The van der Waals surface area contributed by atoms with Crippen LogP contribution >= 0.6 is 0 Å². The summed E-state index contributed by atoms with van der Waals surface area (Å²) in [5, 5.41) is 10.1. The summed E-state index contributed by atoms with van der Waals surface area (Å²) in [7, 11) is -1.69. The van der Waals surface area contributed by atoms with Gasteiger partial charge in [-0.25, -0.2) is 26.3 Å². The number of urea groups is 1. The molecular weight excluding hydrogens is 418 g/mol. The minimum Gasteiger partial charge on any atom is -0.427 e. The molecule has 0 saturated carbocycles. The molecule has 1 aromatic heterocycles. The molecule has 0 bridgehead atoms. The number of carbonyl (C=O) groups is 1. The Bertz CT molecular complexity index is 1110. The van der Waals surface area contributed by atoms with E-state index in [0.717, 1.165) is 24.5 Å². The fourth-order valence-corrected chi connectivity index (χ4v) is 4.23. The minimum atomic E-state index is -3.26. The van der Waals surface area contributed by atoms with Gasteiger partial charge in [0.25, 0.3) is 0 Å². The smallest absolute Gasteiger partial charge is 0.345 e. The Hall–Kier alpha value is -2.79. The number of sulfonamides is 1. The van der Waals surface area contributed by atoms with Crippen molar-refractivity contribution in [3.63, 3.8) is 0 Å². The summed E-state index contributed by atoms with van der Waals surface area (Å²) in [5.41, 5.74) is 0.507. The second kappa shape index (κ2) is 8.52. The van der Waals surface area contributed by atoms with Crippen molar-refractivity contribution in [2.24, 2.45) is 4.99 Å². The fraction of sp³-hybridized carbons (Fsp3) is 0.368. The van der Waals surface area contributed by atoms with Gasteiger partial charge in [0.15, 0.2) is 5.49 Å². The molecule has 1 aliphatic heterocycles. The van der Waals surface area contributed by atoms with E-state index in [2.05, 4.69) is 4.99 Å². The van der Waals surface area contributed by atoms with Gasteiger partial charge in [0.05, 0.1) is 12.5 Å². The Kier molecular flexibility index (Phi) is 6.22. The predicted octanol–water partition coefficient (Wildman–Crippen LogP) is 2.05. The van der Waals surface area contributed by atoms with Crippen molar-refractivity contribution in [3.05, 3.63) is 53.7 Å². The maximum atomic E-state index is 13.4. The molecule has 1 aromatic carbocycles. The number of pyridine rings is 1. The third kappa shape index (κ3) is 5.03. The highest BCUT2D eigenvalue weighted by molar-refractivity contribution is 7.88. The summed E-state index contributed by atoms with van der Waals surface area (Å²) in [6.07, 6.45) is 3.31. The van der Waals surface area contributed by atoms with Crippen LogP contribution in [0.25, 0.3) is 11.1 Å². The van der Waals surface area contributed by atoms with Crippen LogP contribution in [0.1, 0.15) is 12.8 Å². The summed E-state index contributed by atoms with van der Waals surface area (Å²) in [6, 6.07) is 5.05. The first kappa shape index (κ1) is 21.9. The molecule has 0 aliphatic carbocycles. The first-order chi connectivity index (χ1) is 14.0. The number of hydrogen-bond donors (Lipinski definition) is 1. The van der Waals surface area contributed by atoms with Gasteiger partial charge in [0.2, 0.25) is 10.0 Å². The van der Waals surface area contributed by atoms with Gasteiger partial charge in [0.1, 0.15) is 11.6 Å². The van der Waals surface area contributed by atoms with Crippen LogP contribution in [0.15, 0.2) is 41.5 Å². The number of piperidine rings is 1. The lowest BCUT2D eigenvalue weighted by Crippen LogP contribution is -2.46. The summed E-state index contributed by atoms with van der Waals surface area (Å²) in [6.45, 7) is 0.639. The Morgan fingerprint density at radius 2 is 1.73 bits per heavy atom. The van der Waals surface area contributed by atoms with E-state index < -0.39 is 27.7 Å². The highest BCUT2D eigenvalue weighted by Crippen LogP contribution is 2.21. The van der Waals surface area contributed by atoms with Crippen molar-refractivity contribution in [1.29, 1.82) is 0 Å². The van der Waals surface area contributed by atoms with Crippen LogP contribution in [-0.4, -0.2) is 66.0 Å². The molecule has 2 aromatic rings. The molecule has 8 nitrogen and oxygen atoms in total. The fourth-order valence-electron chi connectivity index (χ4n) is 3.36. The van der Waals surface area contributed by atoms with E-state index >= 15 is 0 Å². The third-order valence-electron chi connectivity index (χ3n) is 5.06. The van der Waals surface area contributed by atoms with E-state index in [1.54, 1.807) is 7.05 Å². The van der Waals surface area contributed by atoms with E-state index in [9.17, 15) is 27.2 Å². The van der Waals surface area contributed by atoms with E-state index in [4.69, 9.17) is 0 Å². The topological polar surface area (TPSA) is 95.2 Å². The number of benzene rings is 1. The van der Waals surface area contributed by atoms with Crippen LogP contribution in [0, 0.1) is 11.6 Å². The lowest BCUT2D eigenvalue weighted by Gasteiger charge is -2.34. The Labute approximate surface area is 172 Å². The van der Waals surface area contributed by atoms with Crippen molar-refractivity contribution in [2.75, 3.05) is 26.4 Å². The van der Waals surface area contributed by atoms with Crippen LogP contribution in [0.3, 0.4) is 0 Å². The third-order valence-corrected chi connectivity index (χ3v) is 6.36. The zero-order chi connectivity index (χ0) is 22.1. The maximum absolute atomic E-state index is 13.4. The van der Waals surface area contributed by atoms with E-state index in [-0.39, 0.29) is 17.1 Å². The quantitative estimate of drug-likeness (QED) is 0.739. The molecule has 1 fully saturated rings. The predicted molar refractivity (Wildman–Crippen MR) is 105 cm³/mol. The van der Waals surface area contributed by atoms with Gasteiger partial charge in [-0.1, -0.05) is 0 Å². The molecule has 0 unspecified atom stereocenters. The number of hydrogen-bond acceptors (Lipinski definition) is 4. The maximum Gasteiger partial charge on any atom is 0.345 e. The summed E-state index contributed by atoms with van der Waals surface area (Å²) >= 11 is 0. The van der Waals surface area contributed by atoms with Crippen molar-refractivity contribution in [2.45, 2.75) is 18.9 Å². The molecule has 1 aliphatic rings. The molecule has 0 atom stereocenters. The second-order valence-corrected chi connectivity index (χ2v) is 9.16. The summed E-state index contributed by atoms with van der Waals surface area (Å²) in [4.78, 5) is 17.8. The number of amides is 2. The van der Waals surface area contributed by atoms with E-state index in [1.807, 2.05) is 0 Å². The summed E-state index contributed by atoms with van der Waals surface area (Å²) in [5.74, 6) is -1.50. The zero-order valence-electron chi connectivity index (χ0n) is 16.5. The average molecular weight is 440 g/mol. The molecule has 0 spiro atoms. The molecule has 3 rings (SSSR count). The Morgan fingerprint density at radius 1 is 1.13 bits per heavy atom. The Balaban J connectivity index is 1.75. The molecule has 1 saturated heterocycles. The number of nitrogens with zero attached hydrogens (tertiary/aromatic N) is 4. The van der Waals surface area contributed by atoms with Gasteiger partial charge in [-0.15, -0.1) is 0 Å². The molecule has 0 radical (unpaired) electrons. The van der Waals surface area contributed by atoms with Crippen LogP contribution < -0.4 is 5.49 Å². The van der Waals surface area contributed by atoms with Crippen molar-refractivity contribution < 1.29 is 27.2 Å². The second-order valence-electron chi connectivity index (χ2n) is 7.18. The molecule has 2 amide bonds. The van der Waals surface area contributed by atoms with Gasteiger partial charge >= 0.3 is 6.03 Å². The van der Waals surface area contributed by atoms with Crippen LogP contribution in [0.5, 0.6) is 0 Å². The van der Waals surface area contributed by atoms with Gasteiger partial charge < -0.3 is 10.1 Å². The molecule has 1 N–H and O–H groups in total. The van der Waals surface area contributed by atoms with Crippen molar-refractivity contribution in [1.82, 2.24) is 13.9 Å². The van der Waals surface area contributed by atoms with Crippen LogP contribution in [-0.2, 0) is 10.0 Å². The highest BCUT2D eigenvalue weighted by Gasteiger charge is 2.28. The van der Waals surface area contributed by atoms with Crippen LogP contribution in [0.2, 0.25) is 0 Å². The van der Waals surface area contributed by atoms with Gasteiger partial charge in [-0.05, 0) is 42.7 Å². The Morgan fingerprint density at radius 3 is 2.27 bits per heavy atom. The minimum absolute atomic E-state index is 0.0546. The molecule has 162 valence electrons. The molecule has 2 heterocycles. The normalized spacial score (nSPS) is 16.6. The molecular formula is C19H22F2N4O4S. The lowest BCUT2D eigenvalue weighted by molar-refractivity contribution is 0.160. The van der Waals surface area contributed by atoms with E-state index in [0.29, 0.717) is 36.2 Å². The number of rotatable bonds is 3.